The van der Waals surface area contributed by atoms with Gasteiger partial charge in [-0.15, -0.1) is 10.1 Å². The first-order valence-corrected chi connectivity index (χ1v) is 8.88. The second-order valence-corrected chi connectivity index (χ2v) is 6.90. The monoisotopic (exact) mass is 363 g/mol. The van der Waals surface area contributed by atoms with Gasteiger partial charge in [-0.1, -0.05) is 32.0 Å². The zero-order valence-corrected chi connectivity index (χ0v) is 15.0. The molecule has 1 amide bonds. The predicted molar refractivity (Wildman–Crippen MR) is 88.5 cm³/mol. The van der Waals surface area contributed by atoms with Crippen LogP contribution < -0.4 is 5.32 Å². The standard InChI is InChI=1S/C14H25N3O6S/c1-4-5-12(6-23-17(20)21)15-13-7-22-9-16(13)14(19)10(2)8-24-11(3)18/h10,12-13,15H,4-9H2,1-3H3. The van der Waals surface area contributed by atoms with Gasteiger partial charge < -0.3 is 14.5 Å². The SMILES string of the molecule is CCCC(CO[N+](=O)[O-])NC1COCN1C(=O)C(C)CSC(C)=O. The number of rotatable bonds is 10. The zero-order valence-electron chi connectivity index (χ0n) is 14.2. The Morgan fingerprint density at radius 2 is 2.25 bits per heavy atom. The summed E-state index contributed by atoms with van der Waals surface area (Å²) in [6.45, 7) is 5.62. The normalized spacial score (nSPS) is 19.8. The van der Waals surface area contributed by atoms with Crippen LogP contribution >= 0.6 is 11.8 Å². The molecule has 0 aliphatic carbocycles. The van der Waals surface area contributed by atoms with Gasteiger partial charge in [0.25, 0.3) is 5.09 Å². The molecule has 1 heterocycles. The highest BCUT2D eigenvalue weighted by molar-refractivity contribution is 8.13. The molecule has 1 rings (SSSR count). The molecule has 1 aliphatic heterocycles. The van der Waals surface area contributed by atoms with Crippen LogP contribution in [0.15, 0.2) is 0 Å². The van der Waals surface area contributed by atoms with Crippen molar-refractivity contribution in [3.63, 3.8) is 0 Å². The second-order valence-electron chi connectivity index (χ2n) is 5.70. The lowest BCUT2D eigenvalue weighted by Gasteiger charge is -2.29. The number of ether oxygens (including phenoxy) is 1. The summed E-state index contributed by atoms with van der Waals surface area (Å²) in [6, 6.07) is -0.246. The minimum absolute atomic E-state index is 0.0260. The van der Waals surface area contributed by atoms with Crippen molar-refractivity contribution in [1.29, 1.82) is 0 Å². The molecular formula is C14H25N3O6S. The van der Waals surface area contributed by atoms with Crippen LogP contribution in [-0.4, -0.2) is 58.9 Å². The van der Waals surface area contributed by atoms with Crippen LogP contribution in [0, 0.1) is 16.0 Å². The maximum atomic E-state index is 12.5. The Hall–Kier alpha value is -1.39. The molecule has 9 nitrogen and oxygen atoms in total. The first-order chi connectivity index (χ1) is 11.3. The quantitative estimate of drug-likeness (QED) is 0.452. The fourth-order valence-corrected chi connectivity index (χ4v) is 3.01. The van der Waals surface area contributed by atoms with Gasteiger partial charge in [0.2, 0.25) is 5.91 Å². The zero-order chi connectivity index (χ0) is 18.1. The van der Waals surface area contributed by atoms with Crippen molar-refractivity contribution in [3.05, 3.63) is 10.1 Å². The lowest BCUT2D eigenvalue weighted by Crippen LogP contribution is -2.52. The third kappa shape index (κ3) is 7.02. The molecule has 1 fully saturated rings. The first-order valence-electron chi connectivity index (χ1n) is 7.90. The lowest BCUT2D eigenvalue weighted by atomic mass is 10.1. The van der Waals surface area contributed by atoms with Crippen LogP contribution in [0.2, 0.25) is 0 Å². The number of nitrogens with zero attached hydrogens (tertiary/aromatic N) is 2. The third-order valence-corrected chi connectivity index (χ3v) is 4.64. The van der Waals surface area contributed by atoms with Crippen molar-refractivity contribution in [1.82, 2.24) is 10.2 Å². The summed E-state index contributed by atoms with van der Waals surface area (Å²) < 4.78 is 5.37. The molecule has 0 aromatic rings. The molecule has 1 N–H and O–H groups in total. The Morgan fingerprint density at radius 3 is 2.83 bits per heavy atom. The number of hydrogen-bond acceptors (Lipinski definition) is 8. The van der Waals surface area contributed by atoms with E-state index in [-0.39, 0.29) is 42.5 Å². The molecule has 10 heteroatoms. The number of amides is 1. The predicted octanol–water partition coefficient (Wildman–Crippen LogP) is 1.01. The summed E-state index contributed by atoms with van der Waals surface area (Å²) in [7, 11) is 0. The van der Waals surface area contributed by atoms with E-state index in [1.165, 1.54) is 6.92 Å². The van der Waals surface area contributed by atoms with E-state index < -0.39 is 5.09 Å². The molecule has 0 saturated carbocycles. The van der Waals surface area contributed by atoms with Gasteiger partial charge in [-0.25, -0.2) is 0 Å². The smallest absolute Gasteiger partial charge is 0.294 e. The van der Waals surface area contributed by atoms with Gasteiger partial charge in [0.15, 0.2) is 5.12 Å². The molecule has 0 radical (unpaired) electrons. The summed E-state index contributed by atoms with van der Waals surface area (Å²) in [4.78, 5) is 39.9. The van der Waals surface area contributed by atoms with Crippen molar-refractivity contribution in [3.8, 4) is 0 Å². The van der Waals surface area contributed by atoms with Crippen molar-refractivity contribution in [2.24, 2.45) is 5.92 Å². The molecule has 1 aliphatic rings. The average Bonchev–Trinajstić information content (AvgIpc) is 2.97. The molecule has 0 bridgehead atoms. The molecule has 0 spiro atoms. The van der Waals surface area contributed by atoms with Gasteiger partial charge >= 0.3 is 0 Å². The van der Waals surface area contributed by atoms with Crippen molar-refractivity contribution >= 4 is 22.8 Å². The molecule has 138 valence electrons. The summed E-state index contributed by atoms with van der Waals surface area (Å²) in [6.07, 6.45) is 1.16. The molecule has 3 unspecified atom stereocenters. The molecular weight excluding hydrogens is 338 g/mol. The molecule has 24 heavy (non-hydrogen) atoms. The Kier molecular flexibility index (Phi) is 9.01. The summed E-state index contributed by atoms with van der Waals surface area (Å²) in [5.41, 5.74) is 0. The van der Waals surface area contributed by atoms with Crippen LogP contribution in [0.25, 0.3) is 0 Å². The fourth-order valence-electron chi connectivity index (χ4n) is 2.38. The number of hydrogen-bond donors (Lipinski definition) is 1. The molecule has 1 saturated heterocycles. The van der Waals surface area contributed by atoms with Crippen molar-refractivity contribution in [2.45, 2.75) is 45.8 Å². The van der Waals surface area contributed by atoms with E-state index >= 15 is 0 Å². The highest BCUT2D eigenvalue weighted by Gasteiger charge is 2.33. The largest absolute Gasteiger partial charge is 0.357 e. The summed E-state index contributed by atoms with van der Waals surface area (Å²) in [5, 5.41) is 12.7. The molecule has 0 aromatic heterocycles. The number of carbonyl (C=O) groups is 2. The number of nitrogens with one attached hydrogen (secondary N) is 1. The highest BCUT2D eigenvalue weighted by atomic mass is 32.2. The summed E-state index contributed by atoms with van der Waals surface area (Å²) in [5.74, 6) is -0.00558. The average molecular weight is 363 g/mol. The van der Waals surface area contributed by atoms with E-state index in [1.807, 2.05) is 6.92 Å². The maximum Gasteiger partial charge on any atom is 0.294 e. The first kappa shape index (κ1) is 20.7. The third-order valence-electron chi connectivity index (χ3n) is 3.57. The minimum atomic E-state index is -0.820. The van der Waals surface area contributed by atoms with Gasteiger partial charge in [0.1, 0.15) is 19.5 Å². The Bertz CT molecular complexity index is 450. The van der Waals surface area contributed by atoms with Crippen LogP contribution in [0.5, 0.6) is 0 Å². The fraction of sp³-hybridized carbons (Fsp3) is 0.857. The topological polar surface area (TPSA) is 111 Å². The van der Waals surface area contributed by atoms with Gasteiger partial charge in [-0.05, 0) is 6.42 Å². The Morgan fingerprint density at radius 1 is 1.54 bits per heavy atom. The van der Waals surface area contributed by atoms with Crippen molar-refractivity contribution < 1.29 is 24.3 Å². The van der Waals surface area contributed by atoms with E-state index in [0.717, 1.165) is 18.2 Å². The van der Waals surface area contributed by atoms with Crippen LogP contribution in [0.1, 0.15) is 33.6 Å². The molecule has 0 aromatic carbocycles. The van der Waals surface area contributed by atoms with Gasteiger partial charge in [-0.2, -0.15) is 0 Å². The van der Waals surface area contributed by atoms with E-state index in [2.05, 4.69) is 10.2 Å². The van der Waals surface area contributed by atoms with E-state index in [1.54, 1.807) is 11.8 Å². The van der Waals surface area contributed by atoms with Gasteiger partial charge in [0.05, 0.1) is 6.61 Å². The van der Waals surface area contributed by atoms with Crippen LogP contribution in [-0.2, 0) is 19.2 Å². The van der Waals surface area contributed by atoms with Crippen LogP contribution in [0.3, 0.4) is 0 Å². The van der Waals surface area contributed by atoms with E-state index in [0.29, 0.717) is 18.8 Å². The lowest BCUT2D eigenvalue weighted by molar-refractivity contribution is -0.758. The summed E-state index contributed by atoms with van der Waals surface area (Å²) >= 11 is 1.12. The number of carbonyl (C=O) groups excluding carboxylic acids is 2. The van der Waals surface area contributed by atoms with E-state index in [9.17, 15) is 19.7 Å². The molecule has 3 atom stereocenters. The van der Waals surface area contributed by atoms with Crippen LogP contribution in [0.4, 0.5) is 0 Å². The van der Waals surface area contributed by atoms with Crippen molar-refractivity contribution in [2.75, 3.05) is 25.7 Å². The van der Waals surface area contributed by atoms with E-state index in [4.69, 9.17) is 4.74 Å². The Balaban J connectivity index is 2.59. The van der Waals surface area contributed by atoms with Gasteiger partial charge in [-0.3, -0.25) is 14.9 Å². The second kappa shape index (κ2) is 10.5. The van der Waals surface area contributed by atoms with Gasteiger partial charge in [0, 0.05) is 24.6 Å². The maximum absolute atomic E-state index is 12.5. The highest BCUT2D eigenvalue weighted by Crippen LogP contribution is 2.17. The Labute approximate surface area is 145 Å². The number of thioether (sulfide) groups is 1. The minimum Gasteiger partial charge on any atom is -0.357 e.